The molecule has 2 nitrogen and oxygen atoms in total. The highest BCUT2D eigenvalue weighted by Crippen LogP contribution is 2.46. The molecule has 3 heteroatoms. The van der Waals surface area contributed by atoms with Gasteiger partial charge in [0.15, 0.2) is 0 Å². The molecule has 0 heterocycles. The van der Waals surface area contributed by atoms with E-state index in [1.165, 1.54) is 12.8 Å². The fraction of sp³-hybridized carbons (Fsp3) is 0.909. The molecular weight excluding hydrogens is 242 g/mol. The van der Waals surface area contributed by atoms with Crippen LogP contribution in [0.3, 0.4) is 0 Å². The summed E-state index contributed by atoms with van der Waals surface area (Å²) in [5.41, 5.74) is 0.396. The van der Waals surface area contributed by atoms with Crippen molar-refractivity contribution in [2.45, 2.75) is 39.5 Å². The lowest BCUT2D eigenvalue weighted by atomic mass is 10.1. The number of rotatable bonds is 6. The van der Waals surface area contributed by atoms with Crippen molar-refractivity contribution >= 4 is 21.8 Å². The van der Waals surface area contributed by atoms with Gasteiger partial charge in [0.2, 0.25) is 5.91 Å². The number of carbonyl (C=O) groups excluding carboxylic acids is 1. The van der Waals surface area contributed by atoms with Crippen LogP contribution in [-0.2, 0) is 4.79 Å². The normalized spacial score (nSPS) is 18.3. The predicted octanol–water partition coefficient (Wildman–Crippen LogP) is 2.71. The summed E-state index contributed by atoms with van der Waals surface area (Å²) in [5, 5.41) is 4.04. The molecule has 1 saturated carbocycles. The number of amides is 1. The number of hydrogen-bond acceptors (Lipinski definition) is 1. The van der Waals surface area contributed by atoms with Crippen LogP contribution in [0.4, 0.5) is 0 Å². The summed E-state index contributed by atoms with van der Waals surface area (Å²) in [4.78, 5) is 11.4. The van der Waals surface area contributed by atoms with Crippen LogP contribution in [-0.4, -0.2) is 17.8 Å². The van der Waals surface area contributed by atoms with Gasteiger partial charge in [0.1, 0.15) is 0 Å². The van der Waals surface area contributed by atoms with Crippen molar-refractivity contribution in [3.63, 3.8) is 0 Å². The topological polar surface area (TPSA) is 29.1 Å². The lowest BCUT2D eigenvalue weighted by Crippen LogP contribution is -2.30. The third kappa shape index (κ3) is 3.99. The van der Waals surface area contributed by atoms with E-state index in [2.05, 4.69) is 35.1 Å². The van der Waals surface area contributed by atoms with E-state index in [-0.39, 0.29) is 5.91 Å². The van der Waals surface area contributed by atoms with E-state index in [9.17, 15) is 4.79 Å². The van der Waals surface area contributed by atoms with Crippen LogP contribution in [0.15, 0.2) is 0 Å². The Balaban J connectivity index is 2.09. The molecule has 0 atom stereocenters. The summed E-state index contributed by atoms with van der Waals surface area (Å²) < 4.78 is 0. The monoisotopic (exact) mass is 261 g/mol. The highest BCUT2D eigenvalue weighted by atomic mass is 79.9. The fourth-order valence-corrected chi connectivity index (χ4v) is 2.09. The molecule has 0 aromatic rings. The van der Waals surface area contributed by atoms with E-state index < -0.39 is 0 Å². The van der Waals surface area contributed by atoms with Crippen molar-refractivity contribution in [2.75, 3.05) is 11.9 Å². The molecule has 1 aliphatic rings. The molecule has 0 aromatic heterocycles. The predicted molar refractivity (Wildman–Crippen MR) is 62.5 cm³/mol. The molecule has 1 fully saturated rings. The molecule has 0 radical (unpaired) electrons. The number of carbonyl (C=O) groups is 1. The molecule has 0 spiro atoms. The summed E-state index contributed by atoms with van der Waals surface area (Å²) in [7, 11) is 0. The van der Waals surface area contributed by atoms with Gasteiger partial charge in [-0.15, -0.1) is 0 Å². The zero-order valence-corrected chi connectivity index (χ0v) is 10.7. The van der Waals surface area contributed by atoms with Crippen LogP contribution < -0.4 is 5.32 Å². The lowest BCUT2D eigenvalue weighted by molar-refractivity contribution is -0.121. The van der Waals surface area contributed by atoms with Gasteiger partial charge < -0.3 is 5.32 Å². The SMILES string of the molecule is CC(C)CCC(=O)NCC1(CBr)CC1. The second-order valence-corrected chi connectivity index (χ2v) is 5.40. The highest BCUT2D eigenvalue weighted by molar-refractivity contribution is 9.09. The maximum atomic E-state index is 11.4. The molecule has 14 heavy (non-hydrogen) atoms. The van der Waals surface area contributed by atoms with E-state index in [4.69, 9.17) is 0 Å². The Morgan fingerprint density at radius 1 is 1.50 bits per heavy atom. The van der Waals surface area contributed by atoms with Gasteiger partial charge >= 0.3 is 0 Å². The molecule has 0 aromatic carbocycles. The first-order valence-electron chi connectivity index (χ1n) is 5.41. The number of alkyl halides is 1. The maximum absolute atomic E-state index is 11.4. The number of halogens is 1. The third-order valence-electron chi connectivity index (χ3n) is 2.85. The first-order valence-corrected chi connectivity index (χ1v) is 6.53. The van der Waals surface area contributed by atoms with Crippen molar-refractivity contribution < 1.29 is 4.79 Å². The molecular formula is C11H20BrNO. The smallest absolute Gasteiger partial charge is 0.220 e. The minimum atomic E-state index is 0.214. The van der Waals surface area contributed by atoms with Crippen LogP contribution in [0.1, 0.15) is 39.5 Å². The molecule has 0 unspecified atom stereocenters. The van der Waals surface area contributed by atoms with Crippen molar-refractivity contribution in [3.8, 4) is 0 Å². The molecule has 0 bridgehead atoms. The second-order valence-electron chi connectivity index (χ2n) is 4.84. The second kappa shape index (κ2) is 5.15. The van der Waals surface area contributed by atoms with Gasteiger partial charge in [0.05, 0.1) is 0 Å². The third-order valence-corrected chi connectivity index (χ3v) is 4.04. The first kappa shape index (κ1) is 12.0. The Hall–Kier alpha value is -0.0500. The Labute approximate surface area is 95.0 Å². The summed E-state index contributed by atoms with van der Waals surface area (Å²) in [6.45, 7) is 5.15. The van der Waals surface area contributed by atoms with Crippen LogP contribution in [0.5, 0.6) is 0 Å². The van der Waals surface area contributed by atoms with Crippen LogP contribution in [0.25, 0.3) is 0 Å². The largest absolute Gasteiger partial charge is 0.356 e. The highest BCUT2D eigenvalue weighted by Gasteiger charge is 2.41. The molecule has 0 saturated heterocycles. The molecule has 1 aliphatic carbocycles. The van der Waals surface area contributed by atoms with Gasteiger partial charge in [-0.1, -0.05) is 29.8 Å². The quantitative estimate of drug-likeness (QED) is 0.733. The number of nitrogens with one attached hydrogen (secondary N) is 1. The fourth-order valence-electron chi connectivity index (χ4n) is 1.33. The standard InChI is InChI=1S/C11H20BrNO/c1-9(2)3-4-10(14)13-8-11(7-12)5-6-11/h9H,3-8H2,1-2H3,(H,13,14). The Morgan fingerprint density at radius 2 is 2.14 bits per heavy atom. The van der Waals surface area contributed by atoms with Gasteiger partial charge in [-0.05, 0) is 30.6 Å². The van der Waals surface area contributed by atoms with Gasteiger partial charge in [0.25, 0.3) is 0 Å². The summed E-state index contributed by atoms with van der Waals surface area (Å²) in [6, 6.07) is 0. The minimum Gasteiger partial charge on any atom is -0.356 e. The van der Waals surface area contributed by atoms with Crippen molar-refractivity contribution in [3.05, 3.63) is 0 Å². The van der Waals surface area contributed by atoms with E-state index in [1.807, 2.05) is 0 Å². The number of hydrogen-bond donors (Lipinski definition) is 1. The summed E-state index contributed by atoms with van der Waals surface area (Å²) in [6.07, 6.45) is 4.18. The maximum Gasteiger partial charge on any atom is 0.220 e. The Bertz CT molecular complexity index is 199. The zero-order valence-electron chi connectivity index (χ0n) is 9.11. The van der Waals surface area contributed by atoms with Gasteiger partial charge in [0, 0.05) is 18.3 Å². The molecule has 1 amide bonds. The molecule has 1 rings (SSSR count). The Morgan fingerprint density at radius 3 is 2.57 bits per heavy atom. The van der Waals surface area contributed by atoms with Crippen molar-refractivity contribution in [1.29, 1.82) is 0 Å². The average Bonchev–Trinajstić information content (AvgIpc) is 2.92. The molecule has 82 valence electrons. The van der Waals surface area contributed by atoms with E-state index in [0.717, 1.165) is 18.3 Å². The Kier molecular flexibility index (Phi) is 4.42. The summed E-state index contributed by atoms with van der Waals surface area (Å²) >= 11 is 3.49. The van der Waals surface area contributed by atoms with Crippen molar-refractivity contribution in [2.24, 2.45) is 11.3 Å². The first-order chi connectivity index (χ1) is 6.58. The van der Waals surface area contributed by atoms with E-state index in [0.29, 0.717) is 17.8 Å². The van der Waals surface area contributed by atoms with E-state index >= 15 is 0 Å². The minimum absolute atomic E-state index is 0.214. The van der Waals surface area contributed by atoms with Crippen LogP contribution in [0, 0.1) is 11.3 Å². The van der Waals surface area contributed by atoms with Gasteiger partial charge in [-0.3, -0.25) is 4.79 Å². The van der Waals surface area contributed by atoms with Crippen LogP contribution in [0.2, 0.25) is 0 Å². The molecule has 1 N–H and O–H groups in total. The van der Waals surface area contributed by atoms with Crippen molar-refractivity contribution in [1.82, 2.24) is 5.32 Å². The summed E-state index contributed by atoms with van der Waals surface area (Å²) in [5.74, 6) is 0.831. The van der Waals surface area contributed by atoms with Crippen LogP contribution >= 0.6 is 15.9 Å². The zero-order chi connectivity index (χ0) is 10.6. The van der Waals surface area contributed by atoms with Gasteiger partial charge in [-0.2, -0.15) is 0 Å². The van der Waals surface area contributed by atoms with E-state index in [1.54, 1.807) is 0 Å². The van der Waals surface area contributed by atoms with Gasteiger partial charge in [-0.25, -0.2) is 0 Å². The molecule has 0 aliphatic heterocycles. The lowest BCUT2D eigenvalue weighted by Gasteiger charge is -2.12. The average molecular weight is 262 g/mol.